The lowest BCUT2D eigenvalue weighted by molar-refractivity contribution is 0.0694. The van der Waals surface area contributed by atoms with E-state index in [-0.39, 0.29) is 0 Å². The van der Waals surface area contributed by atoms with E-state index in [2.05, 4.69) is 30.2 Å². The molecule has 1 saturated heterocycles. The van der Waals surface area contributed by atoms with Gasteiger partial charge >= 0.3 is 8.80 Å². The molecule has 0 aromatic rings. The predicted molar refractivity (Wildman–Crippen MR) is 115 cm³/mol. The van der Waals surface area contributed by atoms with Crippen molar-refractivity contribution in [2.24, 2.45) is 0 Å². The second kappa shape index (κ2) is 12.6. The fourth-order valence-corrected chi connectivity index (χ4v) is 11.0. The maximum absolute atomic E-state index is 5.98. The molecule has 0 aromatic carbocycles. The monoisotopic (exact) mass is 404 g/mol. The highest BCUT2D eigenvalue weighted by atomic mass is 28.4. The van der Waals surface area contributed by atoms with Crippen molar-refractivity contribution in [3.63, 3.8) is 0 Å². The molecule has 0 radical (unpaired) electrons. The van der Waals surface area contributed by atoms with Crippen LogP contribution in [0.2, 0.25) is 24.2 Å². The molecule has 5 nitrogen and oxygen atoms in total. The van der Waals surface area contributed by atoms with Gasteiger partial charge in [-0.3, -0.25) is 0 Å². The van der Waals surface area contributed by atoms with Gasteiger partial charge in [0.15, 0.2) is 0 Å². The summed E-state index contributed by atoms with van der Waals surface area (Å²) in [7, 11) is -3.66. The van der Waals surface area contributed by atoms with Crippen LogP contribution in [-0.4, -0.2) is 79.0 Å². The average molecular weight is 405 g/mol. The molecule has 0 unspecified atom stereocenters. The average Bonchev–Trinajstić information content (AvgIpc) is 2.65. The van der Waals surface area contributed by atoms with Crippen molar-refractivity contribution in [3.8, 4) is 0 Å². The van der Waals surface area contributed by atoms with E-state index >= 15 is 0 Å². The van der Waals surface area contributed by atoms with Gasteiger partial charge in [0.05, 0.1) is 0 Å². The largest absolute Gasteiger partial charge is 0.500 e. The topological polar surface area (TPSA) is 34.2 Å². The van der Waals surface area contributed by atoms with Crippen LogP contribution < -0.4 is 0 Å². The molecule has 1 aliphatic rings. The summed E-state index contributed by atoms with van der Waals surface area (Å²) in [5, 5.41) is 0. The molecule has 0 N–H and O–H groups in total. The molecule has 0 amide bonds. The van der Waals surface area contributed by atoms with Crippen molar-refractivity contribution in [2.45, 2.75) is 72.1 Å². The highest BCUT2D eigenvalue weighted by Gasteiger charge is 2.40. The summed E-state index contributed by atoms with van der Waals surface area (Å²) in [4.78, 5) is 2.62. The maximum atomic E-state index is 5.98. The van der Waals surface area contributed by atoms with Crippen LogP contribution in [0.4, 0.5) is 0 Å². The Bertz CT molecular complexity index is 337. The molecule has 0 spiro atoms. The number of piperazine rings is 1. The minimum Gasteiger partial charge on any atom is -0.374 e. The van der Waals surface area contributed by atoms with Gasteiger partial charge in [-0.25, -0.2) is 0 Å². The second-order valence-electron chi connectivity index (χ2n) is 7.20. The van der Waals surface area contributed by atoms with Gasteiger partial charge in [0, 0.05) is 52.0 Å². The summed E-state index contributed by atoms with van der Waals surface area (Å²) in [5.41, 5.74) is 0. The smallest absolute Gasteiger partial charge is 0.374 e. The fourth-order valence-electron chi connectivity index (χ4n) is 4.39. The van der Waals surface area contributed by atoms with Crippen LogP contribution in [0.15, 0.2) is 0 Å². The Labute approximate surface area is 164 Å². The van der Waals surface area contributed by atoms with E-state index in [1.54, 1.807) is 0 Å². The number of hydrogen-bond acceptors (Lipinski definition) is 5. The van der Waals surface area contributed by atoms with E-state index in [1.165, 1.54) is 44.3 Å². The van der Waals surface area contributed by atoms with Crippen molar-refractivity contribution < 1.29 is 13.3 Å². The lowest BCUT2D eigenvalue weighted by atomic mass is 10.3. The molecule has 1 aliphatic heterocycles. The van der Waals surface area contributed by atoms with Crippen molar-refractivity contribution in [1.29, 1.82) is 0 Å². The van der Waals surface area contributed by atoms with Gasteiger partial charge in [0.2, 0.25) is 0 Å². The van der Waals surface area contributed by atoms with Gasteiger partial charge in [0.25, 0.3) is 0 Å². The number of nitrogens with zero attached hydrogens (tertiary/aromatic N) is 2. The van der Waals surface area contributed by atoms with E-state index in [1.807, 2.05) is 20.8 Å². The number of rotatable bonds is 14. The molecule has 0 aliphatic carbocycles. The van der Waals surface area contributed by atoms with Gasteiger partial charge in [-0.1, -0.05) is 20.8 Å². The summed E-state index contributed by atoms with van der Waals surface area (Å²) < 4.78 is 20.8. The highest BCUT2D eigenvalue weighted by molar-refractivity contribution is 6.77. The highest BCUT2D eigenvalue weighted by Crippen LogP contribution is 2.26. The Morgan fingerprint density at radius 3 is 1.54 bits per heavy atom. The van der Waals surface area contributed by atoms with Crippen LogP contribution in [0.3, 0.4) is 0 Å². The van der Waals surface area contributed by atoms with Crippen LogP contribution in [0.5, 0.6) is 0 Å². The zero-order valence-corrected chi connectivity index (χ0v) is 20.3. The Balaban J connectivity index is 2.47. The standard InChI is InChI=1S/C19H44N2O3Si2/c1-7-22-26(23-8-2,24-9-3)19-13-14-20-15-17-21(18-16-20)25(10-4,11-5)12-6/h7-19H2,1-6H3. The molecular weight excluding hydrogens is 360 g/mol. The van der Waals surface area contributed by atoms with Gasteiger partial charge in [-0.15, -0.1) is 0 Å². The van der Waals surface area contributed by atoms with Crippen LogP contribution >= 0.6 is 0 Å². The normalized spacial score (nSPS) is 17.8. The second-order valence-corrected chi connectivity index (χ2v) is 15.1. The maximum Gasteiger partial charge on any atom is 0.500 e. The SMILES string of the molecule is CCO[Si](CCCN1CCN([Si](CC)(CC)CC)CC1)(OCC)OCC. The third-order valence-corrected chi connectivity index (χ3v) is 15.0. The first-order chi connectivity index (χ1) is 12.5. The summed E-state index contributed by atoms with van der Waals surface area (Å²) in [6.07, 6.45) is 1.10. The zero-order chi connectivity index (χ0) is 19.5. The molecule has 1 rings (SSSR count). The zero-order valence-electron chi connectivity index (χ0n) is 18.3. The van der Waals surface area contributed by atoms with E-state index < -0.39 is 17.0 Å². The third-order valence-electron chi connectivity index (χ3n) is 6.07. The lowest BCUT2D eigenvalue weighted by Gasteiger charge is -2.46. The molecule has 1 fully saturated rings. The third kappa shape index (κ3) is 6.69. The minimum atomic E-state index is -2.47. The van der Waals surface area contributed by atoms with E-state index in [0.717, 1.165) is 19.0 Å². The van der Waals surface area contributed by atoms with Gasteiger partial charge in [-0.2, -0.15) is 0 Å². The lowest BCUT2D eigenvalue weighted by Crippen LogP contribution is -2.59. The summed E-state index contributed by atoms with van der Waals surface area (Å²) >= 11 is 0. The molecule has 0 saturated carbocycles. The molecule has 156 valence electrons. The number of hydrogen-bond donors (Lipinski definition) is 0. The molecule has 26 heavy (non-hydrogen) atoms. The van der Waals surface area contributed by atoms with Gasteiger partial charge < -0.3 is 22.7 Å². The van der Waals surface area contributed by atoms with Gasteiger partial charge in [-0.05, 0) is 51.9 Å². The molecular formula is C19H44N2O3Si2. The Morgan fingerprint density at radius 1 is 0.692 bits per heavy atom. The van der Waals surface area contributed by atoms with E-state index in [4.69, 9.17) is 13.3 Å². The Kier molecular flexibility index (Phi) is 11.8. The van der Waals surface area contributed by atoms with Crippen LogP contribution in [0.1, 0.15) is 48.0 Å². The quantitative estimate of drug-likeness (QED) is 0.408. The first-order valence-electron chi connectivity index (χ1n) is 10.9. The first kappa shape index (κ1) is 24.3. The van der Waals surface area contributed by atoms with Crippen LogP contribution in [0.25, 0.3) is 0 Å². The van der Waals surface area contributed by atoms with Gasteiger partial charge in [0.1, 0.15) is 8.24 Å². The van der Waals surface area contributed by atoms with Crippen LogP contribution in [-0.2, 0) is 13.3 Å². The van der Waals surface area contributed by atoms with Crippen molar-refractivity contribution in [1.82, 2.24) is 9.47 Å². The predicted octanol–water partition coefficient (Wildman–Crippen LogP) is 4.05. The summed E-state index contributed by atoms with van der Waals surface area (Å²) in [5.74, 6) is 0. The van der Waals surface area contributed by atoms with E-state index in [0.29, 0.717) is 19.8 Å². The van der Waals surface area contributed by atoms with Crippen molar-refractivity contribution in [2.75, 3.05) is 52.5 Å². The molecule has 1 heterocycles. The Morgan fingerprint density at radius 2 is 1.15 bits per heavy atom. The summed E-state index contributed by atoms with van der Waals surface area (Å²) in [6.45, 7) is 21.4. The van der Waals surface area contributed by atoms with E-state index in [9.17, 15) is 0 Å². The van der Waals surface area contributed by atoms with Crippen LogP contribution in [0, 0.1) is 0 Å². The van der Waals surface area contributed by atoms with Crippen molar-refractivity contribution in [3.05, 3.63) is 0 Å². The fraction of sp³-hybridized carbons (Fsp3) is 1.00. The summed E-state index contributed by atoms with van der Waals surface area (Å²) in [6, 6.07) is 5.11. The Hall–Kier alpha value is 0.234. The first-order valence-corrected chi connectivity index (χ1v) is 15.4. The molecule has 0 bridgehead atoms. The molecule has 0 aromatic heterocycles. The molecule has 7 heteroatoms. The van der Waals surface area contributed by atoms with Crippen molar-refractivity contribution >= 4 is 17.0 Å². The minimum absolute atomic E-state index is 0.669. The molecule has 0 atom stereocenters.